The first kappa shape index (κ1) is 15.9. The molecule has 0 aromatic carbocycles. The van der Waals surface area contributed by atoms with Crippen LogP contribution in [-0.2, 0) is 9.53 Å². The van der Waals surface area contributed by atoms with Crippen LogP contribution in [0.5, 0.6) is 5.75 Å². The van der Waals surface area contributed by atoms with Crippen LogP contribution in [0, 0.1) is 11.5 Å². The van der Waals surface area contributed by atoms with Gasteiger partial charge in [0.2, 0.25) is 5.75 Å². The number of carbonyl (C=O) groups is 1. The lowest BCUT2D eigenvalue weighted by Crippen LogP contribution is -2.07. The number of esters is 1. The number of rotatable bonds is 6. The van der Waals surface area contributed by atoms with Crippen LogP contribution in [-0.4, -0.2) is 34.6 Å². The van der Waals surface area contributed by atoms with Crippen LogP contribution in [0.2, 0.25) is 5.15 Å². The van der Waals surface area contributed by atoms with Gasteiger partial charge in [0.25, 0.3) is 6.26 Å². The zero-order valence-corrected chi connectivity index (χ0v) is 12.6. The van der Waals surface area contributed by atoms with Crippen LogP contribution in [0.1, 0.15) is 6.92 Å². The molecule has 102 valence electrons. The van der Waals surface area contributed by atoms with Crippen molar-refractivity contribution in [3.05, 3.63) is 5.15 Å². The molecule has 0 saturated carbocycles. The molecule has 0 aliphatic rings. The topological polar surface area (TPSA) is 85.1 Å². The molecule has 0 fully saturated rings. The van der Waals surface area contributed by atoms with Gasteiger partial charge >= 0.3 is 5.97 Å². The lowest BCUT2D eigenvalue weighted by Gasteiger charge is -2.07. The van der Waals surface area contributed by atoms with Gasteiger partial charge in [0, 0.05) is 0 Å². The molecule has 0 aliphatic heterocycles. The first-order valence-electron chi connectivity index (χ1n) is 5.08. The number of nitriles is 1. The van der Waals surface area contributed by atoms with Crippen LogP contribution < -0.4 is 4.74 Å². The summed E-state index contributed by atoms with van der Waals surface area (Å²) < 4.78 is 9.53. The van der Waals surface area contributed by atoms with Gasteiger partial charge in [-0.25, -0.2) is 9.97 Å². The van der Waals surface area contributed by atoms with E-state index in [1.165, 1.54) is 18.0 Å². The Morgan fingerprint density at radius 1 is 1.53 bits per heavy atom. The molecule has 1 aromatic rings. The molecule has 0 unspecified atom stereocenters. The molecule has 0 radical (unpaired) electrons. The van der Waals surface area contributed by atoms with Gasteiger partial charge in [-0.15, -0.1) is 5.26 Å². The molecule has 1 heterocycles. The fourth-order valence-corrected chi connectivity index (χ4v) is 2.53. The Morgan fingerprint density at radius 3 is 2.84 bits per heavy atom. The lowest BCUT2D eigenvalue weighted by molar-refractivity contribution is -0.139. The van der Waals surface area contributed by atoms with E-state index in [2.05, 4.69) is 9.97 Å². The molecule has 0 atom stereocenters. The molecule has 0 spiro atoms. The number of ether oxygens (including phenoxy) is 2. The Labute approximate surface area is 123 Å². The Kier molecular flexibility index (Phi) is 6.77. The molecule has 0 N–H and O–H groups in total. The standard InChI is InChI=1S/C10H10ClN3O3S2/c1-3-16-6(15)4-19-9-7(17-5-12)8(11)13-10(14-9)18-2/h3-4H2,1-2H3. The summed E-state index contributed by atoms with van der Waals surface area (Å²) in [6.45, 7) is 2.03. The van der Waals surface area contributed by atoms with Gasteiger partial charge in [-0.3, -0.25) is 4.79 Å². The number of halogens is 1. The molecular weight excluding hydrogens is 310 g/mol. The summed E-state index contributed by atoms with van der Waals surface area (Å²) in [5.74, 6) is -0.274. The van der Waals surface area contributed by atoms with Crippen molar-refractivity contribution in [2.75, 3.05) is 18.6 Å². The van der Waals surface area contributed by atoms with Gasteiger partial charge in [0.15, 0.2) is 10.3 Å². The highest BCUT2D eigenvalue weighted by molar-refractivity contribution is 8.00. The van der Waals surface area contributed by atoms with Crippen LogP contribution in [0.4, 0.5) is 0 Å². The maximum atomic E-state index is 11.3. The predicted octanol–water partition coefficient (Wildman–Crippen LogP) is 2.37. The quantitative estimate of drug-likeness (QED) is 0.260. The van der Waals surface area contributed by atoms with E-state index in [1.807, 2.05) is 0 Å². The molecule has 19 heavy (non-hydrogen) atoms. The van der Waals surface area contributed by atoms with Crippen LogP contribution in [0.3, 0.4) is 0 Å². The van der Waals surface area contributed by atoms with E-state index in [-0.39, 0.29) is 22.6 Å². The summed E-state index contributed by atoms with van der Waals surface area (Å²) in [6, 6.07) is 0. The Hall–Kier alpha value is -1.17. The number of hydrogen-bond donors (Lipinski definition) is 0. The number of aromatic nitrogens is 2. The van der Waals surface area contributed by atoms with Gasteiger partial charge in [-0.05, 0) is 13.2 Å². The summed E-state index contributed by atoms with van der Waals surface area (Å²) >= 11 is 8.27. The average molecular weight is 320 g/mol. The minimum Gasteiger partial charge on any atom is -0.465 e. The van der Waals surface area contributed by atoms with Gasteiger partial charge in [-0.2, -0.15) is 0 Å². The van der Waals surface area contributed by atoms with E-state index < -0.39 is 0 Å². The zero-order chi connectivity index (χ0) is 14.3. The lowest BCUT2D eigenvalue weighted by atomic mass is 10.6. The number of carbonyl (C=O) groups excluding carboxylic acids is 1. The van der Waals surface area contributed by atoms with E-state index in [1.54, 1.807) is 13.2 Å². The molecule has 0 bridgehead atoms. The smallest absolute Gasteiger partial charge is 0.316 e. The highest BCUT2D eigenvalue weighted by Gasteiger charge is 2.17. The van der Waals surface area contributed by atoms with Crippen molar-refractivity contribution in [3.63, 3.8) is 0 Å². The zero-order valence-electron chi connectivity index (χ0n) is 10.2. The summed E-state index contributed by atoms with van der Waals surface area (Å²) in [5.41, 5.74) is 0. The second-order valence-corrected chi connectivity index (χ2v) is 5.02. The first-order valence-corrected chi connectivity index (χ1v) is 7.67. The monoisotopic (exact) mass is 319 g/mol. The molecule has 1 rings (SSSR count). The molecule has 6 nitrogen and oxygen atoms in total. The summed E-state index contributed by atoms with van der Waals surface area (Å²) in [4.78, 5) is 19.4. The first-order chi connectivity index (χ1) is 9.12. The van der Waals surface area contributed by atoms with E-state index in [9.17, 15) is 4.79 Å². The number of hydrogen-bond acceptors (Lipinski definition) is 8. The van der Waals surface area contributed by atoms with Crippen molar-refractivity contribution < 1.29 is 14.3 Å². The third-order valence-corrected chi connectivity index (χ3v) is 3.47. The second kappa shape index (κ2) is 8.09. The van der Waals surface area contributed by atoms with Crippen LogP contribution in [0.15, 0.2) is 10.2 Å². The largest absolute Gasteiger partial charge is 0.465 e. The minimum atomic E-state index is -0.379. The normalized spacial score (nSPS) is 9.79. The number of nitrogens with zero attached hydrogens (tertiary/aromatic N) is 3. The predicted molar refractivity (Wildman–Crippen MR) is 72.4 cm³/mol. The summed E-state index contributed by atoms with van der Waals surface area (Å²) in [5, 5.41) is 9.36. The fourth-order valence-electron chi connectivity index (χ4n) is 1.04. The maximum absolute atomic E-state index is 11.3. The van der Waals surface area contributed by atoms with Crippen molar-refractivity contribution in [1.82, 2.24) is 9.97 Å². The molecule has 0 amide bonds. The Balaban J connectivity index is 2.93. The van der Waals surface area contributed by atoms with Crippen molar-refractivity contribution in [2.24, 2.45) is 0 Å². The Morgan fingerprint density at radius 2 is 2.26 bits per heavy atom. The van der Waals surface area contributed by atoms with Crippen LogP contribution in [0.25, 0.3) is 0 Å². The molecular formula is C10H10ClN3O3S2. The average Bonchev–Trinajstić information content (AvgIpc) is 2.39. The highest BCUT2D eigenvalue weighted by atomic mass is 35.5. The van der Waals surface area contributed by atoms with Crippen molar-refractivity contribution in [3.8, 4) is 12.0 Å². The number of thioether (sulfide) groups is 2. The summed E-state index contributed by atoms with van der Waals surface area (Å²) in [6.07, 6.45) is 3.30. The fraction of sp³-hybridized carbons (Fsp3) is 0.400. The third-order valence-electron chi connectivity index (χ3n) is 1.73. The van der Waals surface area contributed by atoms with Crippen molar-refractivity contribution in [1.29, 1.82) is 5.26 Å². The Bertz CT molecular complexity index is 508. The van der Waals surface area contributed by atoms with Gasteiger partial charge < -0.3 is 9.47 Å². The second-order valence-electron chi connectivity index (χ2n) is 2.92. The van der Waals surface area contributed by atoms with Gasteiger partial charge in [0.1, 0.15) is 5.03 Å². The van der Waals surface area contributed by atoms with E-state index >= 15 is 0 Å². The van der Waals surface area contributed by atoms with Crippen molar-refractivity contribution >= 4 is 41.1 Å². The van der Waals surface area contributed by atoms with Crippen LogP contribution >= 0.6 is 35.1 Å². The van der Waals surface area contributed by atoms with Crippen molar-refractivity contribution in [2.45, 2.75) is 17.1 Å². The molecule has 9 heteroatoms. The molecule has 0 aliphatic carbocycles. The molecule has 1 aromatic heterocycles. The minimum absolute atomic E-state index is 0.0345. The van der Waals surface area contributed by atoms with E-state index in [0.29, 0.717) is 16.8 Å². The summed E-state index contributed by atoms with van der Waals surface area (Å²) in [7, 11) is 0. The highest BCUT2D eigenvalue weighted by Crippen LogP contribution is 2.34. The van der Waals surface area contributed by atoms with E-state index in [4.69, 9.17) is 26.3 Å². The third kappa shape index (κ3) is 4.78. The SMILES string of the molecule is CCOC(=O)CSc1nc(SC)nc(Cl)c1OC#N. The maximum Gasteiger partial charge on any atom is 0.316 e. The molecule has 0 saturated heterocycles. The van der Waals surface area contributed by atoms with E-state index in [0.717, 1.165) is 11.8 Å². The van der Waals surface area contributed by atoms with Gasteiger partial charge in [-0.1, -0.05) is 35.1 Å². The van der Waals surface area contributed by atoms with Gasteiger partial charge in [0.05, 0.1) is 12.4 Å².